The predicted molar refractivity (Wildman–Crippen MR) is 92.2 cm³/mol. The second kappa shape index (κ2) is 8.32. The fraction of sp³-hybridized carbons (Fsp3) is 0.895. The molecule has 1 saturated heterocycles. The number of nitrogens with one attached hydrogen (secondary N) is 1. The van der Waals surface area contributed by atoms with Gasteiger partial charge in [-0.2, -0.15) is 0 Å². The van der Waals surface area contributed by atoms with Crippen molar-refractivity contribution in [3.05, 3.63) is 0 Å². The number of likely N-dealkylation sites (tertiary alicyclic amines) is 1. The monoisotopic (exact) mass is 336 g/mol. The quantitative estimate of drug-likeness (QED) is 0.826. The number of nitrogens with zero attached hydrogens (tertiary/aromatic N) is 1. The predicted octanol–water partition coefficient (Wildman–Crippen LogP) is 2.08. The van der Waals surface area contributed by atoms with E-state index < -0.39 is 0 Å². The summed E-state index contributed by atoms with van der Waals surface area (Å²) in [6.07, 6.45) is 10.1. The first kappa shape index (κ1) is 17.7. The Morgan fingerprint density at radius 3 is 2.29 bits per heavy atom. The molecule has 1 unspecified atom stereocenters. The maximum atomic E-state index is 12.7. The maximum Gasteiger partial charge on any atom is 0.225 e. The van der Waals surface area contributed by atoms with Crippen LogP contribution in [0, 0.1) is 17.8 Å². The SMILES string of the molecule is O=C(NC1CCC(C(=O)N2CCCC(CO)C2)CC1)C1CCCC1. The van der Waals surface area contributed by atoms with Gasteiger partial charge in [-0.3, -0.25) is 9.59 Å². The zero-order chi connectivity index (χ0) is 16.9. The zero-order valence-electron chi connectivity index (χ0n) is 14.7. The molecule has 3 aliphatic rings. The third-order valence-corrected chi connectivity index (χ3v) is 6.24. The van der Waals surface area contributed by atoms with Crippen LogP contribution in [-0.4, -0.2) is 47.6 Å². The molecule has 3 rings (SSSR count). The van der Waals surface area contributed by atoms with Gasteiger partial charge in [-0.25, -0.2) is 0 Å². The van der Waals surface area contributed by atoms with Crippen molar-refractivity contribution in [3.8, 4) is 0 Å². The highest BCUT2D eigenvalue weighted by molar-refractivity contribution is 5.80. The molecule has 3 fully saturated rings. The van der Waals surface area contributed by atoms with Crippen LogP contribution in [0.15, 0.2) is 0 Å². The number of hydrogen-bond acceptors (Lipinski definition) is 3. The Hall–Kier alpha value is -1.10. The van der Waals surface area contributed by atoms with Crippen molar-refractivity contribution in [1.82, 2.24) is 10.2 Å². The lowest BCUT2D eigenvalue weighted by Gasteiger charge is -2.36. The maximum absolute atomic E-state index is 12.7. The van der Waals surface area contributed by atoms with Crippen LogP contribution in [0.5, 0.6) is 0 Å². The number of aliphatic hydroxyl groups excluding tert-OH is 1. The summed E-state index contributed by atoms with van der Waals surface area (Å²) in [5.74, 6) is 1.11. The molecule has 5 nitrogen and oxygen atoms in total. The van der Waals surface area contributed by atoms with E-state index in [0.717, 1.165) is 57.9 Å². The van der Waals surface area contributed by atoms with E-state index in [0.29, 0.717) is 6.54 Å². The van der Waals surface area contributed by atoms with Gasteiger partial charge in [0.05, 0.1) is 0 Å². The van der Waals surface area contributed by atoms with Crippen molar-refractivity contribution < 1.29 is 14.7 Å². The smallest absolute Gasteiger partial charge is 0.225 e. The molecule has 0 spiro atoms. The molecule has 1 heterocycles. The average Bonchev–Trinajstić information content (AvgIpc) is 3.16. The zero-order valence-corrected chi connectivity index (χ0v) is 14.7. The van der Waals surface area contributed by atoms with Crippen LogP contribution in [0.25, 0.3) is 0 Å². The summed E-state index contributed by atoms with van der Waals surface area (Å²) in [7, 11) is 0. The lowest BCUT2D eigenvalue weighted by molar-refractivity contribution is -0.138. The summed E-state index contributed by atoms with van der Waals surface area (Å²) in [4.78, 5) is 26.9. The third kappa shape index (κ3) is 4.29. The van der Waals surface area contributed by atoms with Crippen molar-refractivity contribution in [3.63, 3.8) is 0 Å². The van der Waals surface area contributed by atoms with Crippen molar-refractivity contribution in [1.29, 1.82) is 0 Å². The number of rotatable bonds is 4. The number of carbonyl (C=O) groups excluding carboxylic acids is 2. The van der Waals surface area contributed by atoms with Gasteiger partial charge in [0.1, 0.15) is 0 Å². The number of piperidine rings is 1. The van der Waals surface area contributed by atoms with Crippen LogP contribution in [0.2, 0.25) is 0 Å². The van der Waals surface area contributed by atoms with Crippen molar-refractivity contribution >= 4 is 11.8 Å². The van der Waals surface area contributed by atoms with Gasteiger partial charge in [-0.1, -0.05) is 12.8 Å². The summed E-state index contributed by atoms with van der Waals surface area (Å²) in [6, 6.07) is 0.258. The molecule has 24 heavy (non-hydrogen) atoms. The van der Waals surface area contributed by atoms with E-state index in [1.807, 2.05) is 4.90 Å². The Labute approximate surface area is 145 Å². The number of hydrogen-bond donors (Lipinski definition) is 2. The fourth-order valence-corrected chi connectivity index (χ4v) is 4.66. The summed E-state index contributed by atoms with van der Waals surface area (Å²) in [5.41, 5.74) is 0. The molecule has 2 saturated carbocycles. The summed E-state index contributed by atoms with van der Waals surface area (Å²) >= 11 is 0. The Morgan fingerprint density at radius 2 is 1.62 bits per heavy atom. The first-order valence-corrected chi connectivity index (χ1v) is 9.87. The Morgan fingerprint density at radius 1 is 0.917 bits per heavy atom. The first-order chi connectivity index (χ1) is 11.7. The molecule has 0 radical (unpaired) electrons. The molecule has 1 atom stereocenters. The molecule has 0 aromatic carbocycles. The number of carbonyl (C=O) groups is 2. The molecule has 0 aromatic rings. The van der Waals surface area contributed by atoms with E-state index in [2.05, 4.69) is 5.32 Å². The number of amides is 2. The van der Waals surface area contributed by atoms with Gasteiger partial charge in [0, 0.05) is 37.6 Å². The van der Waals surface area contributed by atoms with E-state index in [9.17, 15) is 14.7 Å². The van der Waals surface area contributed by atoms with Crippen molar-refractivity contribution in [2.75, 3.05) is 19.7 Å². The van der Waals surface area contributed by atoms with Crippen LogP contribution >= 0.6 is 0 Å². The molecular formula is C19H32N2O3. The summed E-state index contributed by atoms with van der Waals surface area (Å²) in [6.45, 7) is 1.74. The van der Waals surface area contributed by atoms with Crippen LogP contribution in [0.1, 0.15) is 64.2 Å². The van der Waals surface area contributed by atoms with Crippen LogP contribution in [-0.2, 0) is 9.59 Å². The lowest BCUT2D eigenvalue weighted by Crippen LogP contribution is -2.46. The van der Waals surface area contributed by atoms with Gasteiger partial charge >= 0.3 is 0 Å². The fourth-order valence-electron chi connectivity index (χ4n) is 4.66. The molecule has 0 aromatic heterocycles. The van der Waals surface area contributed by atoms with Crippen LogP contribution in [0.4, 0.5) is 0 Å². The largest absolute Gasteiger partial charge is 0.396 e. The van der Waals surface area contributed by atoms with Gasteiger partial charge in [0.25, 0.3) is 0 Å². The van der Waals surface area contributed by atoms with Crippen molar-refractivity contribution in [2.45, 2.75) is 70.3 Å². The van der Waals surface area contributed by atoms with E-state index in [1.165, 1.54) is 12.8 Å². The van der Waals surface area contributed by atoms with Crippen LogP contribution in [0.3, 0.4) is 0 Å². The minimum atomic E-state index is 0.113. The molecule has 0 bridgehead atoms. The first-order valence-electron chi connectivity index (χ1n) is 9.87. The third-order valence-electron chi connectivity index (χ3n) is 6.24. The minimum absolute atomic E-state index is 0.113. The molecule has 1 aliphatic heterocycles. The second-order valence-corrected chi connectivity index (χ2v) is 8.01. The van der Waals surface area contributed by atoms with Gasteiger partial charge in [0.2, 0.25) is 11.8 Å². The Balaban J connectivity index is 1.42. The highest BCUT2D eigenvalue weighted by Gasteiger charge is 2.33. The average molecular weight is 336 g/mol. The Kier molecular flexibility index (Phi) is 6.14. The molecule has 2 N–H and O–H groups in total. The summed E-state index contributed by atoms with van der Waals surface area (Å²) in [5, 5.41) is 12.6. The van der Waals surface area contributed by atoms with Gasteiger partial charge in [0.15, 0.2) is 0 Å². The van der Waals surface area contributed by atoms with Gasteiger partial charge in [-0.15, -0.1) is 0 Å². The van der Waals surface area contributed by atoms with E-state index in [-0.39, 0.29) is 42.2 Å². The molecule has 2 amide bonds. The number of aliphatic hydroxyl groups is 1. The van der Waals surface area contributed by atoms with E-state index >= 15 is 0 Å². The Bertz CT molecular complexity index is 440. The molecular weight excluding hydrogens is 304 g/mol. The lowest BCUT2D eigenvalue weighted by atomic mass is 9.84. The summed E-state index contributed by atoms with van der Waals surface area (Å²) < 4.78 is 0. The highest BCUT2D eigenvalue weighted by atomic mass is 16.3. The topological polar surface area (TPSA) is 69.6 Å². The highest BCUT2D eigenvalue weighted by Crippen LogP contribution is 2.29. The normalized spacial score (nSPS) is 31.9. The van der Waals surface area contributed by atoms with E-state index in [4.69, 9.17) is 0 Å². The molecule has 2 aliphatic carbocycles. The van der Waals surface area contributed by atoms with Crippen LogP contribution < -0.4 is 5.32 Å². The minimum Gasteiger partial charge on any atom is -0.396 e. The molecule has 5 heteroatoms. The van der Waals surface area contributed by atoms with Crippen molar-refractivity contribution in [2.24, 2.45) is 17.8 Å². The molecule has 136 valence electrons. The second-order valence-electron chi connectivity index (χ2n) is 8.01. The standard InChI is InChI=1S/C19H32N2O3/c22-13-14-4-3-11-21(12-14)19(24)16-7-9-17(10-8-16)20-18(23)15-5-1-2-6-15/h14-17,22H,1-13H2,(H,20,23). The van der Waals surface area contributed by atoms with E-state index in [1.54, 1.807) is 0 Å². The van der Waals surface area contributed by atoms with Gasteiger partial charge < -0.3 is 15.3 Å². The van der Waals surface area contributed by atoms with Gasteiger partial charge in [-0.05, 0) is 57.3 Å².